The molecule has 124 valence electrons. The van der Waals surface area contributed by atoms with Crippen LogP contribution in [0.25, 0.3) is 11.2 Å². The smallest absolute Gasteiger partial charge is 0.182 e. The second-order valence-electron chi connectivity index (χ2n) is 6.31. The van der Waals surface area contributed by atoms with Gasteiger partial charge in [-0.1, -0.05) is 29.8 Å². The van der Waals surface area contributed by atoms with E-state index in [0.29, 0.717) is 11.6 Å². The molecule has 2 aromatic heterocycles. The number of aromatic amines is 1. The molecule has 0 amide bonds. The molecular formula is C18H21N5O. The van der Waals surface area contributed by atoms with Crippen molar-refractivity contribution in [3.8, 4) is 0 Å². The van der Waals surface area contributed by atoms with E-state index in [0.717, 1.165) is 37.3 Å². The first kappa shape index (κ1) is 15.1. The average molecular weight is 323 g/mol. The molecule has 3 heterocycles. The zero-order chi connectivity index (χ0) is 16.4. The number of fused-ring (bicyclic) bond motifs is 1. The van der Waals surface area contributed by atoms with Crippen molar-refractivity contribution in [3.05, 3.63) is 48.0 Å². The van der Waals surface area contributed by atoms with E-state index in [-0.39, 0.29) is 6.10 Å². The number of rotatable bonds is 4. The zero-order valence-corrected chi connectivity index (χ0v) is 13.7. The first-order chi connectivity index (χ1) is 11.8. The van der Waals surface area contributed by atoms with Gasteiger partial charge in [0.2, 0.25) is 0 Å². The van der Waals surface area contributed by atoms with Crippen LogP contribution in [-0.4, -0.2) is 33.1 Å². The topological polar surface area (TPSA) is 75.7 Å². The number of anilines is 1. The van der Waals surface area contributed by atoms with Crippen LogP contribution in [0.15, 0.2) is 36.9 Å². The number of aryl methyl sites for hydroxylation is 1. The van der Waals surface area contributed by atoms with Crippen molar-refractivity contribution in [2.24, 2.45) is 5.92 Å². The molecule has 1 aliphatic rings. The predicted molar refractivity (Wildman–Crippen MR) is 92.8 cm³/mol. The van der Waals surface area contributed by atoms with E-state index in [1.54, 1.807) is 12.7 Å². The molecule has 2 N–H and O–H groups in total. The van der Waals surface area contributed by atoms with Crippen LogP contribution in [0.1, 0.15) is 30.1 Å². The first-order valence-electron chi connectivity index (χ1n) is 8.37. The van der Waals surface area contributed by atoms with Gasteiger partial charge in [-0.3, -0.25) is 0 Å². The van der Waals surface area contributed by atoms with Crippen molar-refractivity contribution in [1.82, 2.24) is 19.9 Å². The Morgan fingerprint density at radius 1 is 1.21 bits per heavy atom. The van der Waals surface area contributed by atoms with Crippen molar-refractivity contribution in [2.45, 2.75) is 25.9 Å². The van der Waals surface area contributed by atoms with E-state index in [1.165, 1.54) is 11.1 Å². The Bertz CT molecular complexity index is 814. The molecule has 1 fully saturated rings. The molecule has 0 aliphatic carbocycles. The van der Waals surface area contributed by atoms with Crippen LogP contribution < -0.4 is 5.32 Å². The molecule has 0 bridgehead atoms. The lowest BCUT2D eigenvalue weighted by Crippen LogP contribution is -2.28. The van der Waals surface area contributed by atoms with Crippen molar-refractivity contribution in [1.29, 1.82) is 0 Å². The van der Waals surface area contributed by atoms with E-state index in [1.807, 2.05) is 0 Å². The molecular weight excluding hydrogens is 302 g/mol. The third-order valence-corrected chi connectivity index (χ3v) is 4.61. The monoisotopic (exact) mass is 323 g/mol. The molecule has 2 unspecified atom stereocenters. The third-order valence-electron chi connectivity index (χ3n) is 4.61. The van der Waals surface area contributed by atoms with Gasteiger partial charge in [-0.15, -0.1) is 0 Å². The SMILES string of the molecule is Cc1ccc(C2OCCCC2CNc2ncnc3nc[nH]c23)cc1. The van der Waals surface area contributed by atoms with Gasteiger partial charge in [-0.05, 0) is 25.3 Å². The molecule has 2 atom stereocenters. The van der Waals surface area contributed by atoms with E-state index in [4.69, 9.17) is 4.74 Å². The van der Waals surface area contributed by atoms with Crippen molar-refractivity contribution < 1.29 is 4.74 Å². The van der Waals surface area contributed by atoms with Crippen molar-refractivity contribution in [2.75, 3.05) is 18.5 Å². The fraction of sp³-hybridized carbons (Fsp3) is 0.389. The predicted octanol–water partition coefficient (Wildman–Crippen LogP) is 3.24. The van der Waals surface area contributed by atoms with Gasteiger partial charge < -0.3 is 15.0 Å². The van der Waals surface area contributed by atoms with Crippen LogP contribution in [0.4, 0.5) is 5.82 Å². The number of imidazole rings is 1. The fourth-order valence-corrected chi connectivity index (χ4v) is 3.30. The number of nitrogens with zero attached hydrogens (tertiary/aromatic N) is 3. The van der Waals surface area contributed by atoms with Gasteiger partial charge in [0.05, 0.1) is 12.4 Å². The number of hydrogen-bond acceptors (Lipinski definition) is 5. The highest BCUT2D eigenvalue weighted by molar-refractivity contribution is 5.81. The fourth-order valence-electron chi connectivity index (χ4n) is 3.30. The number of hydrogen-bond donors (Lipinski definition) is 2. The molecule has 6 heteroatoms. The minimum atomic E-state index is 0.131. The summed E-state index contributed by atoms with van der Waals surface area (Å²) < 4.78 is 6.08. The number of benzene rings is 1. The average Bonchev–Trinajstić information content (AvgIpc) is 3.10. The summed E-state index contributed by atoms with van der Waals surface area (Å²) in [7, 11) is 0. The largest absolute Gasteiger partial charge is 0.373 e. The molecule has 6 nitrogen and oxygen atoms in total. The van der Waals surface area contributed by atoms with Crippen LogP contribution in [0.5, 0.6) is 0 Å². The highest BCUT2D eigenvalue weighted by Crippen LogP contribution is 2.34. The Morgan fingerprint density at radius 3 is 2.96 bits per heavy atom. The minimum absolute atomic E-state index is 0.131. The molecule has 0 saturated carbocycles. The second kappa shape index (κ2) is 6.57. The van der Waals surface area contributed by atoms with Gasteiger partial charge in [-0.2, -0.15) is 0 Å². The maximum absolute atomic E-state index is 6.08. The Balaban J connectivity index is 1.51. The van der Waals surface area contributed by atoms with Crippen molar-refractivity contribution >= 4 is 17.0 Å². The Morgan fingerprint density at radius 2 is 2.08 bits per heavy atom. The standard InChI is InChI=1S/C18H21N5O/c1-12-4-6-13(7-5-12)16-14(3-2-8-24-16)9-19-17-15-18(21-10-20-15)23-11-22-17/h4-7,10-11,14,16H,2-3,8-9H2,1H3,(H2,19,20,21,22,23). The van der Waals surface area contributed by atoms with Crippen LogP contribution in [0.2, 0.25) is 0 Å². The van der Waals surface area contributed by atoms with Gasteiger partial charge in [0, 0.05) is 19.1 Å². The Labute approximate surface area is 140 Å². The molecule has 0 radical (unpaired) electrons. The summed E-state index contributed by atoms with van der Waals surface area (Å²) in [6.07, 6.45) is 5.55. The second-order valence-corrected chi connectivity index (χ2v) is 6.31. The lowest BCUT2D eigenvalue weighted by Gasteiger charge is -2.32. The van der Waals surface area contributed by atoms with Crippen LogP contribution in [0, 0.1) is 12.8 Å². The maximum Gasteiger partial charge on any atom is 0.182 e. The first-order valence-corrected chi connectivity index (χ1v) is 8.37. The van der Waals surface area contributed by atoms with Crippen LogP contribution in [0.3, 0.4) is 0 Å². The van der Waals surface area contributed by atoms with Gasteiger partial charge >= 0.3 is 0 Å². The van der Waals surface area contributed by atoms with Crippen LogP contribution >= 0.6 is 0 Å². The summed E-state index contributed by atoms with van der Waals surface area (Å²) in [5.74, 6) is 1.21. The number of ether oxygens (including phenoxy) is 1. The molecule has 3 aromatic rings. The number of nitrogens with one attached hydrogen (secondary N) is 2. The molecule has 1 saturated heterocycles. The Hall–Kier alpha value is -2.47. The maximum atomic E-state index is 6.08. The van der Waals surface area contributed by atoms with E-state index in [9.17, 15) is 0 Å². The molecule has 24 heavy (non-hydrogen) atoms. The summed E-state index contributed by atoms with van der Waals surface area (Å²) in [6.45, 7) is 3.74. The molecule has 1 aromatic carbocycles. The lowest BCUT2D eigenvalue weighted by atomic mass is 9.89. The zero-order valence-electron chi connectivity index (χ0n) is 13.7. The lowest BCUT2D eigenvalue weighted by molar-refractivity contribution is -0.0238. The molecule has 4 rings (SSSR count). The normalized spacial score (nSPS) is 21.0. The summed E-state index contributed by atoms with van der Waals surface area (Å²) in [5, 5.41) is 3.45. The minimum Gasteiger partial charge on any atom is -0.373 e. The number of H-pyrrole nitrogens is 1. The van der Waals surface area contributed by atoms with Gasteiger partial charge in [0.15, 0.2) is 11.5 Å². The third kappa shape index (κ3) is 2.97. The number of aromatic nitrogens is 4. The highest BCUT2D eigenvalue weighted by atomic mass is 16.5. The quantitative estimate of drug-likeness (QED) is 0.771. The Kier molecular flexibility index (Phi) is 4.13. The van der Waals surface area contributed by atoms with Gasteiger partial charge in [-0.25, -0.2) is 15.0 Å². The van der Waals surface area contributed by atoms with Crippen LogP contribution in [-0.2, 0) is 4.74 Å². The van der Waals surface area contributed by atoms with Gasteiger partial charge in [0.1, 0.15) is 11.8 Å². The van der Waals surface area contributed by atoms with Gasteiger partial charge in [0.25, 0.3) is 0 Å². The summed E-state index contributed by atoms with van der Waals surface area (Å²) in [4.78, 5) is 15.8. The highest BCUT2D eigenvalue weighted by Gasteiger charge is 2.27. The summed E-state index contributed by atoms with van der Waals surface area (Å²) in [5.41, 5.74) is 4.05. The van der Waals surface area contributed by atoms with E-state index >= 15 is 0 Å². The van der Waals surface area contributed by atoms with E-state index in [2.05, 4.69) is 56.4 Å². The van der Waals surface area contributed by atoms with E-state index < -0.39 is 0 Å². The molecule has 1 aliphatic heterocycles. The summed E-state index contributed by atoms with van der Waals surface area (Å²) in [6, 6.07) is 8.65. The van der Waals surface area contributed by atoms with Crippen molar-refractivity contribution in [3.63, 3.8) is 0 Å². The molecule has 0 spiro atoms. The summed E-state index contributed by atoms with van der Waals surface area (Å²) >= 11 is 0.